The second-order valence-electron chi connectivity index (χ2n) is 6.19. The van der Waals surface area contributed by atoms with E-state index < -0.39 is 10.0 Å². The normalized spacial score (nSPS) is 15.3. The maximum absolute atomic E-state index is 12.4. The summed E-state index contributed by atoms with van der Waals surface area (Å²) in [4.78, 5) is 11.7. The van der Waals surface area contributed by atoms with Crippen molar-refractivity contribution < 1.29 is 17.9 Å². The molecule has 0 atom stereocenters. The number of rotatable bonds is 9. The Morgan fingerprint density at radius 1 is 1.32 bits per heavy atom. The standard InChI is InChI=1S/C17H25ClN2O4S/c1-2-3-10-19-17(21)12-24-16-9-8-14(11-15(16)18)25(22,23)20-13-6-4-5-7-13/h8-9,11,13,20H,2-7,10,12H2,1H3,(H,19,21). The molecular weight excluding hydrogens is 364 g/mol. The summed E-state index contributed by atoms with van der Waals surface area (Å²) in [6.45, 7) is 2.49. The monoisotopic (exact) mass is 388 g/mol. The van der Waals surface area contributed by atoms with E-state index in [0.717, 1.165) is 38.5 Å². The van der Waals surface area contributed by atoms with Crippen LogP contribution < -0.4 is 14.8 Å². The van der Waals surface area contributed by atoms with Crippen LogP contribution in [0.3, 0.4) is 0 Å². The second kappa shape index (κ2) is 9.40. The Balaban J connectivity index is 1.94. The Bertz CT molecular complexity index is 688. The molecule has 0 radical (unpaired) electrons. The molecule has 2 rings (SSSR count). The molecule has 0 heterocycles. The maximum Gasteiger partial charge on any atom is 0.257 e. The number of ether oxygens (including phenoxy) is 1. The van der Waals surface area contributed by atoms with Gasteiger partial charge >= 0.3 is 0 Å². The molecule has 0 saturated heterocycles. The maximum atomic E-state index is 12.4. The van der Waals surface area contributed by atoms with Gasteiger partial charge in [-0.15, -0.1) is 0 Å². The highest BCUT2D eigenvalue weighted by Gasteiger charge is 2.23. The van der Waals surface area contributed by atoms with E-state index >= 15 is 0 Å². The third kappa shape index (κ3) is 6.17. The lowest BCUT2D eigenvalue weighted by Crippen LogP contribution is -2.32. The first kappa shape index (κ1) is 20.0. The quantitative estimate of drug-likeness (QED) is 0.637. The van der Waals surface area contributed by atoms with E-state index in [0.29, 0.717) is 6.54 Å². The summed E-state index contributed by atoms with van der Waals surface area (Å²) in [5.74, 6) is 0.0521. The Labute approximate surface area is 154 Å². The number of carbonyl (C=O) groups is 1. The molecule has 25 heavy (non-hydrogen) atoms. The minimum Gasteiger partial charge on any atom is -0.482 e. The minimum atomic E-state index is -3.60. The average molecular weight is 389 g/mol. The lowest BCUT2D eigenvalue weighted by atomic mass is 10.3. The molecule has 0 bridgehead atoms. The Morgan fingerprint density at radius 2 is 2.04 bits per heavy atom. The number of nitrogens with one attached hydrogen (secondary N) is 2. The number of halogens is 1. The van der Waals surface area contributed by atoms with E-state index in [1.54, 1.807) is 0 Å². The molecule has 6 nitrogen and oxygen atoms in total. The van der Waals surface area contributed by atoms with Gasteiger partial charge in [-0.05, 0) is 37.5 Å². The fraction of sp³-hybridized carbons (Fsp3) is 0.588. The Hall–Kier alpha value is -1.31. The first-order chi connectivity index (χ1) is 11.9. The third-order valence-corrected chi connectivity index (χ3v) is 5.92. The minimum absolute atomic E-state index is 0.00785. The molecule has 140 valence electrons. The van der Waals surface area contributed by atoms with Crippen LogP contribution in [-0.4, -0.2) is 33.5 Å². The van der Waals surface area contributed by atoms with E-state index in [4.69, 9.17) is 16.3 Å². The smallest absolute Gasteiger partial charge is 0.257 e. The van der Waals surface area contributed by atoms with Gasteiger partial charge in [0, 0.05) is 12.6 Å². The summed E-state index contributed by atoms with van der Waals surface area (Å²) in [5, 5.41) is 2.90. The lowest BCUT2D eigenvalue weighted by Gasteiger charge is -2.14. The lowest BCUT2D eigenvalue weighted by molar-refractivity contribution is -0.123. The molecule has 1 aliphatic rings. The van der Waals surface area contributed by atoms with Crippen LogP contribution in [0.1, 0.15) is 45.4 Å². The zero-order valence-electron chi connectivity index (χ0n) is 14.4. The highest BCUT2D eigenvalue weighted by atomic mass is 35.5. The average Bonchev–Trinajstić information content (AvgIpc) is 3.06. The summed E-state index contributed by atoms with van der Waals surface area (Å²) in [5.41, 5.74) is 0. The van der Waals surface area contributed by atoms with Crippen LogP contribution in [0.25, 0.3) is 0 Å². The van der Waals surface area contributed by atoms with Gasteiger partial charge in [-0.3, -0.25) is 4.79 Å². The topological polar surface area (TPSA) is 84.5 Å². The molecule has 1 fully saturated rings. The zero-order valence-corrected chi connectivity index (χ0v) is 16.0. The van der Waals surface area contributed by atoms with Crippen LogP contribution >= 0.6 is 11.6 Å². The first-order valence-corrected chi connectivity index (χ1v) is 10.5. The van der Waals surface area contributed by atoms with Crippen LogP contribution in [0.15, 0.2) is 23.1 Å². The van der Waals surface area contributed by atoms with Crippen molar-refractivity contribution >= 4 is 27.5 Å². The van der Waals surface area contributed by atoms with Crippen molar-refractivity contribution in [2.24, 2.45) is 0 Å². The number of benzene rings is 1. The van der Waals surface area contributed by atoms with E-state index in [1.807, 2.05) is 6.92 Å². The van der Waals surface area contributed by atoms with Crippen molar-refractivity contribution in [1.29, 1.82) is 0 Å². The van der Waals surface area contributed by atoms with Gasteiger partial charge in [0.25, 0.3) is 5.91 Å². The number of sulfonamides is 1. The van der Waals surface area contributed by atoms with Gasteiger partial charge in [0.2, 0.25) is 10.0 Å². The van der Waals surface area contributed by atoms with E-state index in [1.165, 1.54) is 18.2 Å². The van der Waals surface area contributed by atoms with Crippen molar-refractivity contribution in [2.45, 2.75) is 56.4 Å². The summed E-state index contributed by atoms with van der Waals surface area (Å²) in [6, 6.07) is 4.26. The zero-order chi connectivity index (χ0) is 18.3. The van der Waals surface area contributed by atoms with Crippen LogP contribution in [0, 0.1) is 0 Å². The molecule has 0 aromatic heterocycles. The summed E-state index contributed by atoms with van der Waals surface area (Å²) in [6.07, 6.45) is 5.72. The molecular formula is C17H25ClN2O4S. The van der Waals surface area contributed by atoms with Crippen molar-refractivity contribution in [3.63, 3.8) is 0 Å². The van der Waals surface area contributed by atoms with Crippen LogP contribution in [0.5, 0.6) is 5.75 Å². The van der Waals surface area contributed by atoms with Gasteiger partial charge in [-0.25, -0.2) is 13.1 Å². The second-order valence-corrected chi connectivity index (χ2v) is 8.31. The SMILES string of the molecule is CCCCNC(=O)COc1ccc(S(=O)(=O)NC2CCCC2)cc1Cl. The molecule has 0 spiro atoms. The largest absolute Gasteiger partial charge is 0.482 e. The molecule has 1 amide bonds. The molecule has 8 heteroatoms. The summed E-state index contributed by atoms with van der Waals surface area (Å²) < 4.78 is 32.9. The van der Waals surface area contributed by atoms with Gasteiger partial charge < -0.3 is 10.1 Å². The van der Waals surface area contributed by atoms with Crippen molar-refractivity contribution in [3.05, 3.63) is 23.2 Å². The van der Waals surface area contributed by atoms with Gasteiger partial charge in [-0.1, -0.05) is 37.8 Å². The van der Waals surface area contributed by atoms with Gasteiger partial charge in [0.05, 0.1) is 9.92 Å². The van der Waals surface area contributed by atoms with E-state index in [-0.39, 0.29) is 34.2 Å². The molecule has 1 aromatic carbocycles. The predicted molar refractivity (Wildman–Crippen MR) is 97.4 cm³/mol. The Kier molecular flexibility index (Phi) is 7.53. The number of carbonyl (C=O) groups excluding carboxylic acids is 1. The molecule has 1 saturated carbocycles. The summed E-state index contributed by atoms with van der Waals surface area (Å²) >= 11 is 6.11. The predicted octanol–water partition coefficient (Wildman–Crippen LogP) is 2.86. The molecule has 2 N–H and O–H groups in total. The number of hydrogen-bond donors (Lipinski definition) is 2. The number of unbranched alkanes of at least 4 members (excludes halogenated alkanes) is 1. The summed E-state index contributed by atoms with van der Waals surface area (Å²) in [7, 11) is -3.60. The van der Waals surface area contributed by atoms with Gasteiger partial charge in [-0.2, -0.15) is 0 Å². The van der Waals surface area contributed by atoms with E-state index in [2.05, 4.69) is 10.0 Å². The third-order valence-electron chi connectivity index (χ3n) is 4.10. The van der Waals surface area contributed by atoms with Crippen molar-refractivity contribution in [2.75, 3.05) is 13.2 Å². The Morgan fingerprint density at radius 3 is 2.68 bits per heavy atom. The number of hydrogen-bond acceptors (Lipinski definition) is 4. The highest BCUT2D eigenvalue weighted by Crippen LogP contribution is 2.28. The van der Waals surface area contributed by atoms with Crippen LogP contribution in [0.4, 0.5) is 0 Å². The van der Waals surface area contributed by atoms with Gasteiger partial charge in [0.15, 0.2) is 6.61 Å². The number of amides is 1. The van der Waals surface area contributed by atoms with Crippen molar-refractivity contribution in [3.8, 4) is 5.75 Å². The van der Waals surface area contributed by atoms with Gasteiger partial charge in [0.1, 0.15) is 5.75 Å². The van der Waals surface area contributed by atoms with Crippen LogP contribution in [0.2, 0.25) is 5.02 Å². The molecule has 0 unspecified atom stereocenters. The van der Waals surface area contributed by atoms with E-state index in [9.17, 15) is 13.2 Å². The fourth-order valence-electron chi connectivity index (χ4n) is 2.70. The molecule has 0 aliphatic heterocycles. The van der Waals surface area contributed by atoms with Crippen LogP contribution in [-0.2, 0) is 14.8 Å². The first-order valence-electron chi connectivity index (χ1n) is 8.63. The highest BCUT2D eigenvalue weighted by molar-refractivity contribution is 7.89. The fourth-order valence-corrected chi connectivity index (χ4v) is 4.33. The molecule has 1 aliphatic carbocycles. The molecule has 1 aromatic rings. The van der Waals surface area contributed by atoms with Crippen molar-refractivity contribution in [1.82, 2.24) is 10.0 Å².